The van der Waals surface area contributed by atoms with Gasteiger partial charge in [-0.05, 0) is 17.5 Å². The van der Waals surface area contributed by atoms with Crippen molar-refractivity contribution >= 4 is 29.3 Å². The number of aromatic nitrogens is 1. The van der Waals surface area contributed by atoms with Crippen LogP contribution >= 0.6 is 11.8 Å². The fourth-order valence-corrected chi connectivity index (χ4v) is 4.02. The number of ketones is 1. The number of primary amides is 1. The average Bonchev–Trinajstić information content (AvgIpc) is 2.76. The molecule has 0 saturated carbocycles. The van der Waals surface area contributed by atoms with E-state index in [1.165, 1.54) is 4.90 Å². The number of carbonyl (C=O) groups is 2. The number of amides is 1. The van der Waals surface area contributed by atoms with Crippen LogP contribution in [-0.2, 0) is 16.0 Å². The highest BCUT2D eigenvalue weighted by Gasteiger charge is 2.27. The Balaban J connectivity index is 2.64. The fraction of sp³-hybridized carbons (Fsp3) is 0.286. The molecule has 30 heavy (non-hydrogen) atoms. The van der Waals surface area contributed by atoms with Crippen LogP contribution in [0.4, 0.5) is 5.82 Å². The molecule has 0 radical (unpaired) electrons. The van der Waals surface area contributed by atoms with Gasteiger partial charge in [0.2, 0.25) is 5.91 Å². The minimum atomic E-state index is -0.791. The van der Waals surface area contributed by atoms with Crippen LogP contribution in [0, 0.1) is 22.7 Å². The highest BCUT2D eigenvalue weighted by molar-refractivity contribution is 8.00. The smallest absolute Gasteiger partial charge is 0.235 e. The van der Waals surface area contributed by atoms with Crippen molar-refractivity contribution in [1.82, 2.24) is 4.98 Å². The van der Waals surface area contributed by atoms with Gasteiger partial charge >= 0.3 is 0 Å². The normalized spacial score (nSPS) is 11.2. The van der Waals surface area contributed by atoms with E-state index in [0.29, 0.717) is 17.5 Å². The predicted octanol–water partition coefficient (Wildman–Crippen LogP) is 1.70. The fourth-order valence-electron chi connectivity index (χ4n) is 2.96. The first-order chi connectivity index (χ1) is 14.4. The first-order valence-corrected chi connectivity index (χ1v) is 9.97. The lowest BCUT2D eigenvalue weighted by atomic mass is 10.0. The number of nitrogens with zero attached hydrogens (tertiary/aromatic N) is 4. The molecule has 1 aromatic carbocycles. The average molecular weight is 423 g/mol. The number of aliphatic hydroxyl groups excluding tert-OH is 1. The van der Waals surface area contributed by atoms with Crippen LogP contribution in [0.25, 0.3) is 0 Å². The van der Waals surface area contributed by atoms with Crippen molar-refractivity contribution in [2.24, 2.45) is 5.73 Å². The molecule has 0 saturated heterocycles. The van der Waals surface area contributed by atoms with E-state index in [1.54, 1.807) is 38.2 Å². The first kappa shape index (κ1) is 22.9. The summed E-state index contributed by atoms with van der Waals surface area (Å²) in [5.74, 6) is -0.835. The summed E-state index contributed by atoms with van der Waals surface area (Å²) in [6, 6.07) is 13.0. The number of hydrogen-bond donors (Lipinski definition) is 2. The van der Waals surface area contributed by atoms with Crippen molar-refractivity contribution in [2.75, 3.05) is 25.1 Å². The Labute approximate surface area is 178 Å². The number of thioether (sulfide) groups is 1. The van der Waals surface area contributed by atoms with Gasteiger partial charge in [0.1, 0.15) is 34.8 Å². The largest absolute Gasteiger partial charge is 0.389 e. The van der Waals surface area contributed by atoms with Crippen LogP contribution in [0.2, 0.25) is 0 Å². The van der Waals surface area contributed by atoms with Gasteiger partial charge in [0, 0.05) is 7.05 Å². The number of pyridine rings is 1. The number of anilines is 1. The molecule has 3 N–H and O–H groups in total. The van der Waals surface area contributed by atoms with Gasteiger partial charge < -0.3 is 15.7 Å². The van der Waals surface area contributed by atoms with E-state index >= 15 is 0 Å². The molecule has 0 aliphatic rings. The molecule has 2 rings (SSSR count). The highest BCUT2D eigenvalue weighted by atomic mass is 32.2. The topological polar surface area (TPSA) is 144 Å². The Bertz CT molecular complexity index is 1030. The summed E-state index contributed by atoms with van der Waals surface area (Å²) in [6.45, 7) is 1.01. The molecule has 2 aromatic rings. The molecule has 1 amide bonds. The molecule has 154 valence electrons. The first-order valence-electron chi connectivity index (χ1n) is 9.09. The Morgan fingerprint density at radius 3 is 2.37 bits per heavy atom. The van der Waals surface area contributed by atoms with Gasteiger partial charge in [-0.3, -0.25) is 9.59 Å². The molecule has 1 unspecified atom stereocenters. The van der Waals surface area contributed by atoms with Crippen molar-refractivity contribution in [3.63, 3.8) is 0 Å². The zero-order valence-electron chi connectivity index (χ0n) is 16.6. The summed E-state index contributed by atoms with van der Waals surface area (Å²) in [7, 11) is 1.57. The Morgan fingerprint density at radius 1 is 1.23 bits per heavy atom. The van der Waals surface area contributed by atoms with Gasteiger partial charge in [0.05, 0.1) is 17.7 Å². The lowest BCUT2D eigenvalue weighted by Gasteiger charge is -2.22. The monoisotopic (exact) mass is 423 g/mol. The van der Waals surface area contributed by atoms with Gasteiger partial charge in [0.25, 0.3) is 0 Å². The van der Waals surface area contributed by atoms with Crippen LogP contribution in [0.15, 0.2) is 35.4 Å². The molecule has 1 heterocycles. The summed E-state index contributed by atoms with van der Waals surface area (Å²) in [4.78, 5) is 29.7. The van der Waals surface area contributed by atoms with Crippen molar-refractivity contribution in [3.8, 4) is 12.1 Å². The zero-order chi connectivity index (χ0) is 22.3. The predicted molar refractivity (Wildman–Crippen MR) is 113 cm³/mol. The Hall–Kier alpha value is -3.40. The maximum Gasteiger partial charge on any atom is 0.235 e. The van der Waals surface area contributed by atoms with Crippen molar-refractivity contribution in [3.05, 3.63) is 52.6 Å². The van der Waals surface area contributed by atoms with E-state index in [9.17, 15) is 20.1 Å². The molecule has 1 aromatic heterocycles. The molecule has 0 spiro atoms. The molecule has 8 nitrogen and oxygen atoms in total. The van der Waals surface area contributed by atoms with Crippen LogP contribution in [0.3, 0.4) is 0 Å². The number of carbonyl (C=O) groups excluding carboxylic acids is 2. The quantitative estimate of drug-likeness (QED) is 0.580. The minimum Gasteiger partial charge on any atom is -0.389 e. The maximum absolute atomic E-state index is 12.1. The van der Waals surface area contributed by atoms with E-state index in [1.807, 2.05) is 6.07 Å². The number of Topliss-reactive ketones (excluding diaryl/α,β-unsaturated/α-hetero) is 1. The van der Waals surface area contributed by atoms with Gasteiger partial charge in [-0.2, -0.15) is 10.5 Å². The second-order valence-electron chi connectivity index (χ2n) is 6.41. The second kappa shape index (κ2) is 10.4. The number of benzene rings is 1. The van der Waals surface area contributed by atoms with Crippen molar-refractivity contribution < 1.29 is 14.7 Å². The SMILES string of the molecule is CCc1c(C#N)c(SC(C(N)=O)c2ccccc2)nc(N(C)CC(=O)CO)c1C#N. The summed E-state index contributed by atoms with van der Waals surface area (Å²) < 4.78 is 0. The highest BCUT2D eigenvalue weighted by Crippen LogP contribution is 2.39. The van der Waals surface area contributed by atoms with Crippen LogP contribution in [0.5, 0.6) is 0 Å². The van der Waals surface area contributed by atoms with Gasteiger partial charge in [0.15, 0.2) is 5.78 Å². The molecule has 9 heteroatoms. The number of rotatable bonds is 9. The summed E-state index contributed by atoms with van der Waals surface area (Å²) in [5.41, 5.74) is 7.13. The summed E-state index contributed by atoms with van der Waals surface area (Å²) in [5, 5.41) is 27.9. The third kappa shape index (κ3) is 4.95. The van der Waals surface area contributed by atoms with Crippen molar-refractivity contribution in [2.45, 2.75) is 23.6 Å². The van der Waals surface area contributed by atoms with E-state index in [-0.39, 0.29) is 28.5 Å². The zero-order valence-corrected chi connectivity index (χ0v) is 17.4. The van der Waals surface area contributed by atoms with Crippen molar-refractivity contribution in [1.29, 1.82) is 10.5 Å². The third-order valence-corrected chi connectivity index (χ3v) is 5.63. The van der Waals surface area contributed by atoms with E-state index in [4.69, 9.17) is 10.8 Å². The summed E-state index contributed by atoms with van der Waals surface area (Å²) in [6.07, 6.45) is 0.378. The Kier molecular flexibility index (Phi) is 7.93. The van der Waals surface area contributed by atoms with E-state index in [2.05, 4.69) is 17.1 Å². The molecule has 1 atom stereocenters. The van der Waals surface area contributed by atoms with Gasteiger partial charge in [-0.1, -0.05) is 49.0 Å². The standard InChI is InChI=1S/C21H21N5O3S/c1-3-15-16(9-22)20(26(2)11-14(28)12-27)25-21(17(15)10-23)30-18(19(24)29)13-7-5-4-6-8-13/h4-8,18,27H,3,11-12H2,1-2H3,(H2,24,29). The number of nitriles is 2. The van der Waals surface area contributed by atoms with E-state index < -0.39 is 23.5 Å². The minimum absolute atomic E-state index is 0.157. The lowest BCUT2D eigenvalue weighted by Crippen LogP contribution is -2.29. The molecular weight excluding hydrogens is 402 g/mol. The van der Waals surface area contributed by atoms with Gasteiger partial charge in [-0.25, -0.2) is 4.98 Å². The van der Waals surface area contributed by atoms with Crippen LogP contribution in [0.1, 0.15) is 34.4 Å². The number of aliphatic hydroxyl groups is 1. The molecule has 0 aliphatic carbocycles. The van der Waals surface area contributed by atoms with Crippen LogP contribution in [-0.4, -0.2) is 42.0 Å². The lowest BCUT2D eigenvalue weighted by molar-refractivity contribution is -0.120. The summed E-state index contributed by atoms with van der Waals surface area (Å²) >= 11 is 1.03. The molecule has 0 aliphatic heterocycles. The molecular formula is C21H21N5O3S. The van der Waals surface area contributed by atoms with E-state index in [0.717, 1.165) is 11.8 Å². The maximum atomic E-state index is 12.1. The number of nitrogens with two attached hydrogens (primary N) is 1. The Morgan fingerprint density at radius 2 is 1.87 bits per heavy atom. The molecule has 0 bridgehead atoms. The number of hydrogen-bond acceptors (Lipinski definition) is 8. The molecule has 0 fully saturated rings. The third-order valence-electron chi connectivity index (χ3n) is 4.37. The van der Waals surface area contributed by atoms with Gasteiger partial charge in [-0.15, -0.1) is 0 Å². The van der Waals surface area contributed by atoms with Crippen LogP contribution < -0.4 is 10.6 Å². The number of likely N-dealkylation sites (N-methyl/N-ethyl adjacent to an activating group) is 1. The second-order valence-corrected chi connectivity index (χ2v) is 7.50.